The summed E-state index contributed by atoms with van der Waals surface area (Å²) in [6, 6.07) is 55.9. The molecule has 2 aromatic heterocycles. The van der Waals surface area contributed by atoms with Crippen molar-refractivity contribution >= 4 is 110 Å². The lowest BCUT2D eigenvalue weighted by atomic mass is 9.99. The van der Waals surface area contributed by atoms with Crippen molar-refractivity contribution in [3.63, 3.8) is 0 Å². The van der Waals surface area contributed by atoms with Gasteiger partial charge in [-0.15, -0.1) is 0 Å². The number of hydrogen-bond donors (Lipinski definition) is 0. The van der Waals surface area contributed by atoms with Gasteiger partial charge in [0, 0.05) is 26.8 Å². The minimum atomic E-state index is -3.69. The second-order valence-corrected chi connectivity index (χ2v) is 15.8. The summed E-state index contributed by atoms with van der Waals surface area (Å²) in [5.74, 6) is 0. The van der Waals surface area contributed by atoms with E-state index in [-0.39, 0.29) is 0 Å². The zero-order valence-corrected chi connectivity index (χ0v) is 27.7. The minimum absolute atomic E-state index is 0.644. The lowest BCUT2D eigenvalue weighted by Gasteiger charge is -2.22. The zero-order valence-electron chi connectivity index (χ0n) is 26.8. The van der Waals surface area contributed by atoms with Crippen LogP contribution in [0.2, 0.25) is 0 Å². The molecule has 0 N–H and O–H groups in total. The van der Waals surface area contributed by atoms with Crippen molar-refractivity contribution in [1.82, 2.24) is 0 Å². The Kier molecular flexibility index (Phi) is 5.65. The van der Waals surface area contributed by atoms with E-state index in [4.69, 9.17) is 8.83 Å². The molecule has 11 aromatic rings. The standard InChI is InChI=1S/C46H27O3P/c47-50(32-16-2-1-3-17-32,39-26-30-14-6-10-20-35(30)43-41-33-18-8-4-12-28(33)22-24-37(41)48-45(39)43)40-27-31-15-7-11-21-36(31)44-42-34-19-9-5-13-29(34)23-25-38(42)49-46(40)44/h1-27H. The number of benzene rings is 9. The van der Waals surface area contributed by atoms with Crippen molar-refractivity contribution in [2.75, 3.05) is 0 Å². The molecule has 0 atom stereocenters. The molecule has 11 rings (SSSR count). The monoisotopic (exact) mass is 658 g/mol. The van der Waals surface area contributed by atoms with E-state index in [1.807, 2.05) is 54.6 Å². The summed E-state index contributed by atoms with van der Waals surface area (Å²) in [6.07, 6.45) is 0. The van der Waals surface area contributed by atoms with E-state index in [0.717, 1.165) is 81.1 Å². The molecule has 0 saturated carbocycles. The molecule has 0 unspecified atom stereocenters. The first-order valence-corrected chi connectivity index (χ1v) is 18.6. The van der Waals surface area contributed by atoms with Gasteiger partial charge in [-0.2, -0.15) is 0 Å². The second-order valence-electron chi connectivity index (χ2n) is 13.1. The maximum Gasteiger partial charge on any atom is 0.178 e. The van der Waals surface area contributed by atoms with E-state index < -0.39 is 7.14 Å². The van der Waals surface area contributed by atoms with Gasteiger partial charge in [-0.25, -0.2) is 0 Å². The largest absolute Gasteiger partial charge is 0.455 e. The second kappa shape index (κ2) is 10.2. The first-order chi connectivity index (χ1) is 24.7. The number of furan rings is 2. The van der Waals surface area contributed by atoms with E-state index in [2.05, 4.69) is 109 Å². The van der Waals surface area contributed by atoms with Gasteiger partial charge in [0.25, 0.3) is 0 Å². The van der Waals surface area contributed by atoms with Crippen LogP contribution in [0.15, 0.2) is 173 Å². The molecular weight excluding hydrogens is 631 g/mol. The van der Waals surface area contributed by atoms with E-state index in [1.54, 1.807) is 0 Å². The highest BCUT2D eigenvalue weighted by molar-refractivity contribution is 7.86. The molecular formula is C46H27O3P. The van der Waals surface area contributed by atoms with Crippen LogP contribution >= 0.6 is 7.14 Å². The summed E-state index contributed by atoms with van der Waals surface area (Å²) in [6.45, 7) is 0. The summed E-state index contributed by atoms with van der Waals surface area (Å²) in [4.78, 5) is 0. The van der Waals surface area contributed by atoms with E-state index >= 15 is 4.57 Å². The lowest BCUT2D eigenvalue weighted by Crippen LogP contribution is -2.26. The van der Waals surface area contributed by atoms with Crippen LogP contribution in [0.5, 0.6) is 0 Å². The van der Waals surface area contributed by atoms with Crippen LogP contribution in [0.3, 0.4) is 0 Å². The fourth-order valence-corrected chi connectivity index (χ4v) is 11.2. The molecule has 0 radical (unpaired) electrons. The predicted molar refractivity (Wildman–Crippen MR) is 210 cm³/mol. The van der Waals surface area contributed by atoms with Crippen LogP contribution in [0.4, 0.5) is 0 Å². The van der Waals surface area contributed by atoms with Gasteiger partial charge in [0.1, 0.15) is 22.3 Å². The van der Waals surface area contributed by atoms with Gasteiger partial charge in [-0.1, -0.05) is 140 Å². The van der Waals surface area contributed by atoms with Crippen LogP contribution in [0, 0.1) is 0 Å². The Balaban J connectivity index is 1.37. The van der Waals surface area contributed by atoms with Gasteiger partial charge in [-0.3, -0.25) is 0 Å². The molecule has 3 nitrogen and oxygen atoms in total. The fourth-order valence-electron chi connectivity index (χ4n) is 8.25. The van der Waals surface area contributed by atoms with Crippen molar-refractivity contribution in [3.05, 3.63) is 164 Å². The average Bonchev–Trinajstić information content (AvgIpc) is 3.78. The van der Waals surface area contributed by atoms with Crippen molar-refractivity contribution in [2.45, 2.75) is 0 Å². The van der Waals surface area contributed by atoms with Crippen molar-refractivity contribution in [1.29, 1.82) is 0 Å². The van der Waals surface area contributed by atoms with Crippen LogP contribution in [0.1, 0.15) is 0 Å². The van der Waals surface area contributed by atoms with Crippen molar-refractivity contribution in [3.8, 4) is 0 Å². The molecule has 0 aliphatic heterocycles. The summed E-state index contributed by atoms with van der Waals surface area (Å²) in [5, 5.41) is 14.7. The molecule has 0 amide bonds. The Morgan fingerprint density at radius 3 is 1.20 bits per heavy atom. The van der Waals surface area contributed by atoms with Crippen molar-refractivity contribution < 1.29 is 13.4 Å². The van der Waals surface area contributed by atoms with Crippen molar-refractivity contribution in [2.24, 2.45) is 0 Å². The quantitative estimate of drug-likeness (QED) is 0.177. The summed E-state index contributed by atoms with van der Waals surface area (Å²) >= 11 is 0. The molecule has 0 aliphatic carbocycles. The predicted octanol–water partition coefficient (Wildman–Crippen LogP) is 11.7. The molecule has 0 bridgehead atoms. The van der Waals surface area contributed by atoms with E-state index in [9.17, 15) is 0 Å². The van der Waals surface area contributed by atoms with Crippen LogP contribution in [-0.2, 0) is 4.57 Å². The van der Waals surface area contributed by atoms with Gasteiger partial charge in [0.2, 0.25) is 0 Å². The third-order valence-corrected chi connectivity index (χ3v) is 13.5. The number of rotatable bonds is 3. The molecule has 0 spiro atoms. The van der Waals surface area contributed by atoms with Gasteiger partial charge in [-0.05, 0) is 67.4 Å². The maximum absolute atomic E-state index is 16.9. The third kappa shape index (κ3) is 3.68. The van der Waals surface area contributed by atoms with Crippen LogP contribution < -0.4 is 15.9 Å². The minimum Gasteiger partial charge on any atom is -0.455 e. The highest BCUT2D eigenvalue weighted by Gasteiger charge is 2.38. The molecule has 0 aliphatic rings. The van der Waals surface area contributed by atoms with Crippen LogP contribution in [-0.4, -0.2) is 0 Å². The molecule has 0 fully saturated rings. The summed E-state index contributed by atoms with van der Waals surface area (Å²) in [7, 11) is -3.69. The van der Waals surface area contributed by atoms with Gasteiger partial charge >= 0.3 is 0 Å². The summed E-state index contributed by atoms with van der Waals surface area (Å²) < 4.78 is 30.7. The Bertz CT molecular complexity index is 3040. The Labute approximate surface area is 286 Å². The van der Waals surface area contributed by atoms with Gasteiger partial charge in [0.05, 0.1) is 10.6 Å². The maximum atomic E-state index is 16.9. The number of hydrogen-bond acceptors (Lipinski definition) is 3. The van der Waals surface area contributed by atoms with Gasteiger partial charge in [0.15, 0.2) is 7.14 Å². The Morgan fingerprint density at radius 1 is 0.360 bits per heavy atom. The molecule has 9 aromatic carbocycles. The molecule has 4 heteroatoms. The molecule has 2 heterocycles. The summed E-state index contributed by atoms with van der Waals surface area (Å²) in [5.41, 5.74) is 2.83. The first-order valence-electron chi connectivity index (χ1n) is 16.9. The molecule has 0 saturated heterocycles. The molecule has 234 valence electrons. The van der Waals surface area contributed by atoms with E-state index in [0.29, 0.717) is 21.8 Å². The Hall–Kier alpha value is -6.15. The van der Waals surface area contributed by atoms with E-state index in [1.165, 1.54) is 0 Å². The highest BCUT2D eigenvalue weighted by atomic mass is 31.2. The highest BCUT2D eigenvalue weighted by Crippen LogP contribution is 2.51. The van der Waals surface area contributed by atoms with Crippen LogP contribution in [0.25, 0.3) is 87.0 Å². The number of fused-ring (bicyclic) bond motifs is 14. The average molecular weight is 659 g/mol. The SMILES string of the molecule is O=P(c1ccccc1)(c1cc2ccccc2c2c1oc1ccc3ccccc3c12)c1cc2ccccc2c2c1oc1ccc3ccccc3c12. The topological polar surface area (TPSA) is 43.4 Å². The lowest BCUT2D eigenvalue weighted by molar-refractivity contribution is 0.591. The Morgan fingerprint density at radius 2 is 0.740 bits per heavy atom. The zero-order chi connectivity index (χ0) is 33.0. The molecule has 50 heavy (non-hydrogen) atoms. The smallest absolute Gasteiger partial charge is 0.178 e. The third-order valence-electron chi connectivity index (χ3n) is 10.5. The normalized spacial score (nSPS) is 12.5. The first kappa shape index (κ1) is 27.8. The fraction of sp³-hybridized carbons (Fsp3) is 0. The van der Waals surface area contributed by atoms with Gasteiger partial charge < -0.3 is 13.4 Å².